The van der Waals surface area contributed by atoms with Crippen LogP contribution in [0.1, 0.15) is 34.6 Å². The van der Waals surface area contributed by atoms with Gasteiger partial charge < -0.3 is 9.64 Å². The number of hydrogen-bond acceptors (Lipinski definition) is 4. The molecule has 0 aromatic heterocycles. The van der Waals surface area contributed by atoms with E-state index in [1.807, 2.05) is 0 Å². The number of ether oxygens (including phenoxy) is 1. The lowest BCUT2D eigenvalue weighted by Gasteiger charge is -2.35. The fraction of sp³-hybridized carbons (Fsp3) is 0.353. The molecule has 1 aliphatic rings. The molecule has 1 atom stereocenters. The molecule has 2 rings (SSSR count). The van der Waals surface area contributed by atoms with Crippen LogP contribution < -0.4 is 0 Å². The van der Waals surface area contributed by atoms with Crippen molar-refractivity contribution in [1.29, 1.82) is 0 Å². The topological polar surface area (TPSA) is 63.7 Å². The summed E-state index contributed by atoms with van der Waals surface area (Å²) in [5, 5.41) is 0. The van der Waals surface area contributed by atoms with Crippen molar-refractivity contribution in [3.05, 3.63) is 46.5 Å². The third-order valence-corrected chi connectivity index (χ3v) is 4.06. The molecule has 1 aromatic rings. The van der Waals surface area contributed by atoms with Crippen LogP contribution in [0.3, 0.4) is 0 Å². The highest BCUT2D eigenvalue weighted by Gasteiger charge is 2.48. The van der Waals surface area contributed by atoms with Crippen molar-refractivity contribution in [2.24, 2.45) is 0 Å². The minimum absolute atomic E-state index is 0.109. The SMILES string of the molecule is COC1(C)C(=O)c2ccccc2C(=O)/C1=C(/C)C(=O)N(C)C. The number of likely N-dealkylation sites (N-methyl/N-ethyl adjacent to an activating group) is 1. The molecule has 1 amide bonds. The van der Waals surface area contributed by atoms with Gasteiger partial charge in [-0.3, -0.25) is 14.4 Å². The quantitative estimate of drug-likeness (QED) is 0.782. The number of nitrogens with zero attached hydrogens (tertiary/aromatic N) is 1. The summed E-state index contributed by atoms with van der Waals surface area (Å²) in [5.41, 5.74) is -0.491. The second-order valence-electron chi connectivity index (χ2n) is 5.64. The summed E-state index contributed by atoms with van der Waals surface area (Å²) >= 11 is 0. The van der Waals surface area contributed by atoms with Crippen LogP contribution in [-0.2, 0) is 9.53 Å². The van der Waals surface area contributed by atoms with Crippen LogP contribution in [0.2, 0.25) is 0 Å². The monoisotopic (exact) mass is 301 g/mol. The van der Waals surface area contributed by atoms with Crippen LogP contribution in [0.4, 0.5) is 0 Å². The molecule has 0 N–H and O–H groups in total. The predicted octanol–water partition coefficient (Wildman–Crippen LogP) is 1.88. The van der Waals surface area contributed by atoms with Crippen LogP contribution >= 0.6 is 0 Å². The van der Waals surface area contributed by atoms with Crippen molar-refractivity contribution in [3.8, 4) is 0 Å². The lowest BCUT2D eigenvalue weighted by Crippen LogP contribution is -2.48. The Morgan fingerprint density at radius 1 is 1.14 bits per heavy atom. The molecule has 0 bridgehead atoms. The van der Waals surface area contributed by atoms with E-state index < -0.39 is 5.60 Å². The van der Waals surface area contributed by atoms with E-state index in [0.717, 1.165) is 0 Å². The van der Waals surface area contributed by atoms with Gasteiger partial charge in [0.1, 0.15) is 0 Å². The molecule has 0 heterocycles. The maximum atomic E-state index is 12.8. The summed E-state index contributed by atoms with van der Waals surface area (Å²) in [6, 6.07) is 6.60. The van der Waals surface area contributed by atoms with Crippen LogP contribution in [0.25, 0.3) is 0 Å². The number of fused-ring (bicyclic) bond motifs is 1. The Hall–Kier alpha value is -2.27. The smallest absolute Gasteiger partial charge is 0.249 e. The number of amides is 1. The summed E-state index contributed by atoms with van der Waals surface area (Å²) < 4.78 is 5.38. The van der Waals surface area contributed by atoms with Crippen molar-refractivity contribution >= 4 is 17.5 Å². The first-order chi connectivity index (χ1) is 10.3. The fourth-order valence-electron chi connectivity index (χ4n) is 2.77. The molecule has 1 aromatic carbocycles. The summed E-state index contributed by atoms with van der Waals surface area (Å²) in [6.45, 7) is 3.08. The first-order valence-corrected chi connectivity index (χ1v) is 6.92. The highest BCUT2D eigenvalue weighted by molar-refractivity contribution is 6.28. The minimum atomic E-state index is -1.46. The Morgan fingerprint density at radius 3 is 2.18 bits per heavy atom. The third-order valence-electron chi connectivity index (χ3n) is 4.06. The summed E-state index contributed by atoms with van der Waals surface area (Å²) in [6.07, 6.45) is 0. The van der Waals surface area contributed by atoms with Crippen molar-refractivity contribution in [1.82, 2.24) is 4.90 Å². The maximum absolute atomic E-state index is 12.8. The second-order valence-corrected chi connectivity index (χ2v) is 5.64. The predicted molar refractivity (Wildman–Crippen MR) is 81.9 cm³/mol. The standard InChI is InChI=1S/C17H19NO4/c1-10(16(21)18(3)4)13-14(19)11-8-6-7-9-12(11)15(20)17(13,2)22-5/h6-9H,1-5H3/b13-10+. The van der Waals surface area contributed by atoms with Crippen molar-refractivity contribution < 1.29 is 19.1 Å². The Kier molecular flexibility index (Phi) is 4.02. The highest BCUT2D eigenvalue weighted by Crippen LogP contribution is 2.37. The van der Waals surface area contributed by atoms with E-state index in [4.69, 9.17) is 4.74 Å². The lowest BCUT2D eigenvalue weighted by molar-refractivity contribution is -0.124. The lowest BCUT2D eigenvalue weighted by atomic mass is 9.73. The van der Waals surface area contributed by atoms with Gasteiger partial charge in [0, 0.05) is 43.5 Å². The molecule has 0 spiro atoms. The Bertz CT molecular complexity index is 702. The highest BCUT2D eigenvalue weighted by atomic mass is 16.5. The van der Waals surface area contributed by atoms with Gasteiger partial charge in [-0.2, -0.15) is 0 Å². The van der Waals surface area contributed by atoms with Gasteiger partial charge in [0.05, 0.1) is 0 Å². The van der Waals surface area contributed by atoms with Gasteiger partial charge in [-0.25, -0.2) is 0 Å². The number of carbonyl (C=O) groups is 3. The van der Waals surface area contributed by atoms with Gasteiger partial charge in [0.25, 0.3) is 0 Å². The van der Waals surface area contributed by atoms with Gasteiger partial charge >= 0.3 is 0 Å². The summed E-state index contributed by atoms with van der Waals surface area (Å²) in [4.78, 5) is 39.3. The van der Waals surface area contributed by atoms with Crippen molar-refractivity contribution in [3.63, 3.8) is 0 Å². The summed E-state index contributed by atoms with van der Waals surface area (Å²) in [5.74, 6) is -0.975. The van der Waals surface area contributed by atoms with Crippen LogP contribution in [0.15, 0.2) is 35.4 Å². The number of rotatable bonds is 2. The number of methoxy groups -OCH3 is 1. The molecule has 0 aliphatic heterocycles. The zero-order valence-corrected chi connectivity index (χ0v) is 13.4. The molecule has 0 radical (unpaired) electrons. The molecule has 22 heavy (non-hydrogen) atoms. The molecule has 0 saturated carbocycles. The molecular formula is C17H19NO4. The average Bonchev–Trinajstić information content (AvgIpc) is 2.51. The van der Waals surface area contributed by atoms with Crippen molar-refractivity contribution in [2.45, 2.75) is 19.4 Å². The van der Waals surface area contributed by atoms with E-state index >= 15 is 0 Å². The molecule has 0 saturated heterocycles. The van der Waals surface area contributed by atoms with Gasteiger partial charge in [0.2, 0.25) is 5.91 Å². The number of carbonyl (C=O) groups excluding carboxylic acids is 3. The van der Waals surface area contributed by atoms with Gasteiger partial charge in [-0.15, -0.1) is 0 Å². The van der Waals surface area contributed by atoms with E-state index in [-0.39, 0.29) is 28.6 Å². The number of Topliss-reactive ketones (excluding diaryl/α,β-unsaturated/α-hetero) is 2. The van der Waals surface area contributed by atoms with Crippen LogP contribution in [-0.4, -0.2) is 49.2 Å². The molecule has 1 aliphatic carbocycles. The van der Waals surface area contributed by atoms with E-state index in [1.54, 1.807) is 45.3 Å². The molecule has 116 valence electrons. The van der Waals surface area contributed by atoms with Crippen LogP contribution in [0.5, 0.6) is 0 Å². The summed E-state index contributed by atoms with van der Waals surface area (Å²) in [7, 11) is 4.56. The third kappa shape index (κ3) is 2.18. The van der Waals surface area contributed by atoms with Crippen molar-refractivity contribution in [2.75, 3.05) is 21.2 Å². The normalized spacial score (nSPS) is 23.1. The molecule has 0 fully saturated rings. The Morgan fingerprint density at radius 2 is 1.68 bits per heavy atom. The van der Waals surface area contributed by atoms with E-state index in [2.05, 4.69) is 0 Å². The average molecular weight is 301 g/mol. The number of benzene rings is 1. The zero-order valence-electron chi connectivity index (χ0n) is 13.4. The van der Waals surface area contributed by atoms with Crippen LogP contribution in [0, 0.1) is 0 Å². The maximum Gasteiger partial charge on any atom is 0.249 e. The number of hydrogen-bond donors (Lipinski definition) is 0. The molecule has 5 heteroatoms. The first kappa shape index (κ1) is 16.1. The van der Waals surface area contributed by atoms with Gasteiger partial charge in [-0.1, -0.05) is 24.3 Å². The second kappa shape index (κ2) is 5.50. The molecule has 5 nitrogen and oxygen atoms in total. The van der Waals surface area contributed by atoms with E-state index in [1.165, 1.54) is 18.9 Å². The Labute approximate surface area is 129 Å². The largest absolute Gasteiger partial charge is 0.365 e. The first-order valence-electron chi connectivity index (χ1n) is 6.92. The van der Waals surface area contributed by atoms with Gasteiger partial charge in [-0.05, 0) is 13.8 Å². The molecule has 1 unspecified atom stereocenters. The molecular weight excluding hydrogens is 282 g/mol. The Balaban J connectivity index is 2.79. The van der Waals surface area contributed by atoms with E-state index in [0.29, 0.717) is 11.1 Å². The zero-order chi connectivity index (χ0) is 16.7. The van der Waals surface area contributed by atoms with Gasteiger partial charge in [0.15, 0.2) is 17.2 Å². The fourth-order valence-corrected chi connectivity index (χ4v) is 2.77. The van der Waals surface area contributed by atoms with E-state index in [9.17, 15) is 14.4 Å². The number of ketones is 2. The minimum Gasteiger partial charge on any atom is -0.365 e.